The lowest BCUT2D eigenvalue weighted by atomic mass is 10.1. The van der Waals surface area contributed by atoms with Gasteiger partial charge in [-0.1, -0.05) is 17.7 Å². The largest absolute Gasteiger partial charge is 0.493 e. The number of likely N-dealkylation sites (tertiary alicyclic amines) is 1. The number of rotatable bonds is 7. The summed E-state index contributed by atoms with van der Waals surface area (Å²) >= 11 is 1.63. The highest BCUT2D eigenvalue weighted by atomic mass is 32.2. The zero-order valence-electron chi connectivity index (χ0n) is 18.1. The number of aryl methyl sites for hydroxylation is 1. The van der Waals surface area contributed by atoms with Gasteiger partial charge in [0.15, 0.2) is 0 Å². The first-order valence-corrected chi connectivity index (χ1v) is 13.3. The van der Waals surface area contributed by atoms with Crippen LogP contribution in [0.15, 0.2) is 52.3 Å². The number of alkyl halides is 2. The van der Waals surface area contributed by atoms with Gasteiger partial charge in [0.1, 0.15) is 5.75 Å². The molecule has 174 valence electrons. The molecule has 0 amide bonds. The molecule has 2 aromatic rings. The molecule has 1 fully saturated rings. The molecule has 4 rings (SSSR count). The van der Waals surface area contributed by atoms with Gasteiger partial charge in [-0.2, -0.15) is 0 Å². The molecule has 0 bridgehead atoms. The highest BCUT2D eigenvalue weighted by molar-refractivity contribution is 8.00. The standard InChI is InChI=1S/C23H28F2N2O3S2/c1-18-3-6-20(7-4-18)32(28,29)27-14-16-31-22-8-5-19(17-21(22)27)30-15-2-11-26-12-9-23(24,25)10-13-26/h3-8,17H,2,9-16H2,1H3. The molecule has 1 saturated heterocycles. The number of nitrogens with zero attached hydrogens (tertiary/aromatic N) is 2. The number of ether oxygens (including phenoxy) is 1. The Morgan fingerprint density at radius 3 is 2.50 bits per heavy atom. The quantitative estimate of drug-likeness (QED) is 0.531. The van der Waals surface area contributed by atoms with E-state index < -0.39 is 15.9 Å². The molecule has 0 saturated carbocycles. The Hall–Kier alpha value is -1.84. The average molecular weight is 483 g/mol. The van der Waals surface area contributed by atoms with Gasteiger partial charge in [-0.15, -0.1) is 11.8 Å². The summed E-state index contributed by atoms with van der Waals surface area (Å²) in [5, 5.41) is 0. The van der Waals surface area contributed by atoms with E-state index in [2.05, 4.69) is 0 Å². The van der Waals surface area contributed by atoms with Crippen molar-refractivity contribution in [1.29, 1.82) is 0 Å². The summed E-state index contributed by atoms with van der Waals surface area (Å²) in [6.07, 6.45) is 0.562. The second-order valence-corrected chi connectivity index (χ2v) is 11.3. The van der Waals surface area contributed by atoms with Gasteiger partial charge in [-0.05, 0) is 37.6 Å². The SMILES string of the molecule is Cc1ccc(S(=O)(=O)N2CCSc3ccc(OCCCN4CCC(F)(F)CC4)cc32)cc1. The first-order chi connectivity index (χ1) is 15.2. The van der Waals surface area contributed by atoms with Crippen LogP contribution in [0.2, 0.25) is 0 Å². The Morgan fingerprint density at radius 1 is 1.06 bits per heavy atom. The smallest absolute Gasteiger partial charge is 0.264 e. The molecule has 9 heteroatoms. The number of hydrogen-bond acceptors (Lipinski definition) is 5. The molecule has 2 aliphatic rings. The normalized spacial score (nSPS) is 18.9. The molecule has 0 spiro atoms. The predicted molar refractivity (Wildman–Crippen MR) is 124 cm³/mol. The zero-order chi connectivity index (χ0) is 22.8. The molecular weight excluding hydrogens is 454 g/mol. The maximum absolute atomic E-state index is 13.3. The molecule has 2 aromatic carbocycles. The molecular formula is C23H28F2N2O3S2. The van der Waals surface area contributed by atoms with Crippen LogP contribution in [0.1, 0.15) is 24.8 Å². The van der Waals surface area contributed by atoms with Crippen LogP contribution >= 0.6 is 11.8 Å². The topological polar surface area (TPSA) is 49.9 Å². The van der Waals surface area contributed by atoms with Crippen molar-refractivity contribution in [3.05, 3.63) is 48.0 Å². The van der Waals surface area contributed by atoms with Crippen LogP contribution in [0.3, 0.4) is 0 Å². The Morgan fingerprint density at radius 2 is 1.78 bits per heavy atom. The molecule has 5 nitrogen and oxygen atoms in total. The number of halogens is 2. The van der Waals surface area contributed by atoms with E-state index in [1.165, 1.54) is 4.31 Å². The number of anilines is 1. The van der Waals surface area contributed by atoms with Gasteiger partial charge in [0.05, 0.1) is 17.2 Å². The number of piperidine rings is 1. The van der Waals surface area contributed by atoms with Crippen molar-refractivity contribution >= 4 is 27.5 Å². The zero-order valence-corrected chi connectivity index (χ0v) is 19.7. The van der Waals surface area contributed by atoms with Crippen molar-refractivity contribution in [2.24, 2.45) is 0 Å². The Balaban J connectivity index is 1.40. The van der Waals surface area contributed by atoms with Crippen molar-refractivity contribution in [3.8, 4) is 5.75 Å². The van der Waals surface area contributed by atoms with E-state index in [9.17, 15) is 17.2 Å². The van der Waals surface area contributed by atoms with Crippen LogP contribution < -0.4 is 9.04 Å². The third kappa shape index (κ3) is 5.38. The molecule has 0 atom stereocenters. The van der Waals surface area contributed by atoms with Crippen LogP contribution in [0, 0.1) is 6.92 Å². The van der Waals surface area contributed by atoms with E-state index in [4.69, 9.17) is 4.74 Å². The first-order valence-electron chi connectivity index (χ1n) is 10.8. The lowest BCUT2D eigenvalue weighted by Crippen LogP contribution is -2.40. The maximum Gasteiger partial charge on any atom is 0.264 e. The van der Waals surface area contributed by atoms with E-state index in [0.717, 1.165) is 16.9 Å². The molecule has 0 aromatic heterocycles. The third-order valence-corrected chi connectivity index (χ3v) is 8.71. The van der Waals surface area contributed by atoms with Crippen LogP contribution in [0.25, 0.3) is 0 Å². The van der Waals surface area contributed by atoms with Gasteiger partial charge in [-0.3, -0.25) is 4.31 Å². The summed E-state index contributed by atoms with van der Waals surface area (Å²) in [5.41, 5.74) is 1.64. The number of hydrogen-bond donors (Lipinski definition) is 0. The molecule has 2 heterocycles. The van der Waals surface area contributed by atoms with E-state index in [-0.39, 0.29) is 17.7 Å². The lowest BCUT2D eigenvalue weighted by Gasteiger charge is -2.31. The fourth-order valence-electron chi connectivity index (χ4n) is 3.93. The summed E-state index contributed by atoms with van der Waals surface area (Å²) in [5.74, 6) is -1.23. The van der Waals surface area contributed by atoms with Crippen LogP contribution in [-0.4, -0.2) is 57.8 Å². The fraction of sp³-hybridized carbons (Fsp3) is 0.478. The Labute approximate surface area is 192 Å². The fourth-order valence-corrected chi connectivity index (χ4v) is 6.56. The minimum Gasteiger partial charge on any atom is -0.493 e. The summed E-state index contributed by atoms with van der Waals surface area (Å²) in [6.45, 7) is 4.31. The first kappa shape index (κ1) is 23.3. The van der Waals surface area contributed by atoms with Gasteiger partial charge in [-0.25, -0.2) is 17.2 Å². The van der Waals surface area contributed by atoms with Gasteiger partial charge < -0.3 is 9.64 Å². The maximum atomic E-state index is 13.3. The molecule has 0 N–H and O–H groups in total. The highest BCUT2D eigenvalue weighted by Gasteiger charge is 2.33. The Bertz CT molecular complexity index is 1040. The number of benzene rings is 2. The monoisotopic (exact) mass is 482 g/mol. The summed E-state index contributed by atoms with van der Waals surface area (Å²) in [6, 6.07) is 12.4. The average Bonchev–Trinajstić information content (AvgIpc) is 2.77. The van der Waals surface area contributed by atoms with Crippen LogP contribution in [-0.2, 0) is 10.0 Å². The minimum atomic E-state index is -3.66. The second kappa shape index (κ2) is 9.57. The number of thioether (sulfide) groups is 1. The summed E-state index contributed by atoms with van der Waals surface area (Å²) < 4.78 is 60.4. The molecule has 0 radical (unpaired) electrons. The van der Waals surface area contributed by atoms with E-state index >= 15 is 0 Å². The van der Waals surface area contributed by atoms with Crippen molar-refractivity contribution < 1.29 is 21.9 Å². The Kier molecular flexibility index (Phi) is 6.97. The van der Waals surface area contributed by atoms with Crippen molar-refractivity contribution in [3.63, 3.8) is 0 Å². The number of fused-ring (bicyclic) bond motifs is 1. The lowest BCUT2D eigenvalue weighted by molar-refractivity contribution is -0.0554. The van der Waals surface area contributed by atoms with E-state index in [1.807, 2.05) is 24.0 Å². The second-order valence-electron chi connectivity index (χ2n) is 8.27. The highest BCUT2D eigenvalue weighted by Crippen LogP contribution is 2.40. The molecule has 2 aliphatic heterocycles. The molecule has 32 heavy (non-hydrogen) atoms. The van der Waals surface area contributed by atoms with Crippen LogP contribution in [0.5, 0.6) is 5.75 Å². The van der Waals surface area contributed by atoms with Gasteiger partial charge >= 0.3 is 0 Å². The van der Waals surface area contributed by atoms with Gasteiger partial charge in [0.25, 0.3) is 15.9 Å². The molecule has 0 aliphatic carbocycles. The number of sulfonamides is 1. The summed E-state index contributed by atoms with van der Waals surface area (Å²) in [4.78, 5) is 3.23. The van der Waals surface area contributed by atoms with E-state index in [0.29, 0.717) is 50.0 Å². The summed E-state index contributed by atoms with van der Waals surface area (Å²) in [7, 11) is -3.66. The predicted octanol–water partition coefficient (Wildman–Crippen LogP) is 4.80. The van der Waals surface area contributed by atoms with Crippen molar-refractivity contribution in [2.75, 3.05) is 42.8 Å². The minimum absolute atomic E-state index is 0.0817. The van der Waals surface area contributed by atoms with Gasteiger partial charge in [0, 0.05) is 55.7 Å². The van der Waals surface area contributed by atoms with E-state index in [1.54, 1.807) is 42.1 Å². The third-order valence-electron chi connectivity index (χ3n) is 5.84. The molecule has 0 unspecified atom stereocenters. The van der Waals surface area contributed by atoms with Crippen molar-refractivity contribution in [1.82, 2.24) is 4.90 Å². The van der Waals surface area contributed by atoms with Gasteiger partial charge in [0.2, 0.25) is 0 Å². The van der Waals surface area contributed by atoms with Crippen LogP contribution in [0.4, 0.5) is 14.5 Å². The van der Waals surface area contributed by atoms with Crippen molar-refractivity contribution in [2.45, 2.75) is 41.9 Å².